The highest BCUT2D eigenvalue weighted by atomic mass is 35.5. The largest absolute Gasteiger partial charge is 0.386 e. The lowest BCUT2D eigenvalue weighted by molar-refractivity contribution is -0.110. The van der Waals surface area contributed by atoms with E-state index in [2.05, 4.69) is 15.8 Å². The predicted octanol–water partition coefficient (Wildman–Crippen LogP) is 4.26. The Balaban J connectivity index is 1.36. The Labute approximate surface area is 177 Å². The second-order valence-corrected chi connectivity index (χ2v) is 7.85. The normalized spacial score (nSPS) is 20.5. The van der Waals surface area contributed by atoms with Crippen molar-refractivity contribution in [2.45, 2.75) is 24.9 Å². The van der Waals surface area contributed by atoms with Gasteiger partial charge in [-0.1, -0.05) is 22.8 Å². The second kappa shape index (κ2) is 8.31. The number of amides is 3. The van der Waals surface area contributed by atoms with Crippen molar-refractivity contribution in [1.82, 2.24) is 4.90 Å². The number of carbonyl (C=O) groups excluding carboxylic acids is 2. The van der Waals surface area contributed by atoms with Gasteiger partial charge in [-0.3, -0.25) is 4.79 Å². The van der Waals surface area contributed by atoms with Crippen LogP contribution < -0.4 is 10.6 Å². The molecule has 0 unspecified atom stereocenters. The summed E-state index contributed by atoms with van der Waals surface area (Å²) in [6.45, 7) is 0.861. The van der Waals surface area contributed by atoms with Gasteiger partial charge in [0.1, 0.15) is 11.5 Å². The van der Waals surface area contributed by atoms with E-state index in [1.165, 1.54) is 24.3 Å². The number of benzene rings is 2. The minimum absolute atomic E-state index is 0.274. The summed E-state index contributed by atoms with van der Waals surface area (Å²) in [5.74, 6) is -0.730. The summed E-state index contributed by atoms with van der Waals surface area (Å²) in [6.07, 6.45) is 1.71. The van der Waals surface area contributed by atoms with E-state index in [1.807, 2.05) is 0 Å². The molecule has 1 saturated heterocycles. The molecule has 2 heterocycles. The number of nitrogens with one attached hydrogen (secondary N) is 2. The number of urea groups is 1. The molecule has 4 rings (SSSR count). The van der Waals surface area contributed by atoms with Crippen LogP contribution in [0, 0.1) is 5.82 Å². The fourth-order valence-electron chi connectivity index (χ4n) is 3.64. The van der Waals surface area contributed by atoms with E-state index in [9.17, 15) is 14.0 Å². The average molecular weight is 431 g/mol. The van der Waals surface area contributed by atoms with Crippen LogP contribution in [0.3, 0.4) is 0 Å². The lowest BCUT2D eigenvalue weighted by Gasteiger charge is -2.38. The number of hydrogen-bond donors (Lipinski definition) is 2. The lowest BCUT2D eigenvalue weighted by atomic mass is 9.88. The van der Waals surface area contributed by atoms with Crippen molar-refractivity contribution >= 4 is 40.6 Å². The second-order valence-electron chi connectivity index (χ2n) is 7.42. The number of anilines is 2. The van der Waals surface area contributed by atoms with Crippen molar-refractivity contribution in [3.05, 3.63) is 59.4 Å². The van der Waals surface area contributed by atoms with E-state index in [-0.39, 0.29) is 23.5 Å². The summed E-state index contributed by atoms with van der Waals surface area (Å²) in [7, 11) is 0. The predicted molar refractivity (Wildman–Crippen MR) is 112 cm³/mol. The van der Waals surface area contributed by atoms with Crippen LogP contribution in [-0.2, 0) is 9.63 Å². The monoisotopic (exact) mass is 430 g/mol. The molecule has 0 radical (unpaired) electrons. The molecule has 0 aromatic heterocycles. The Bertz CT molecular complexity index is 998. The van der Waals surface area contributed by atoms with E-state index < -0.39 is 5.60 Å². The number of halogens is 2. The first kappa shape index (κ1) is 20.2. The van der Waals surface area contributed by atoms with Gasteiger partial charge in [-0.2, -0.15) is 0 Å². The zero-order chi connectivity index (χ0) is 21.1. The van der Waals surface area contributed by atoms with Gasteiger partial charge < -0.3 is 20.4 Å². The van der Waals surface area contributed by atoms with Crippen LogP contribution in [0.25, 0.3) is 0 Å². The molecule has 2 aromatic carbocycles. The van der Waals surface area contributed by atoms with Crippen LogP contribution >= 0.6 is 11.6 Å². The molecule has 2 aliphatic rings. The smallest absolute Gasteiger partial charge is 0.321 e. The molecule has 7 nitrogen and oxygen atoms in total. The topological polar surface area (TPSA) is 83.0 Å². The maximum Gasteiger partial charge on any atom is 0.321 e. The molecule has 156 valence electrons. The molecule has 2 aliphatic heterocycles. The number of hydrogen-bond acceptors (Lipinski definition) is 4. The lowest BCUT2D eigenvalue weighted by Crippen LogP contribution is -2.52. The van der Waals surface area contributed by atoms with Gasteiger partial charge in [0, 0.05) is 29.4 Å². The zero-order valence-electron chi connectivity index (χ0n) is 16.0. The van der Waals surface area contributed by atoms with Gasteiger partial charge in [0.15, 0.2) is 5.60 Å². The molecule has 2 N–H and O–H groups in total. The highest BCUT2D eigenvalue weighted by Crippen LogP contribution is 2.34. The maximum atomic E-state index is 13.0. The third-order valence-electron chi connectivity index (χ3n) is 5.11. The van der Waals surface area contributed by atoms with Gasteiger partial charge in [-0.25, -0.2) is 9.18 Å². The minimum atomic E-state index is -0.723. The first-order chi connectivity index (χ1) is 14.4. The third-order valence-corrected chi connectivity index (χ3v) is 5.34. The SMILES string of the molecule is O=C(Nc1cccc(Cl)c1)C1=NO[C@]2(CCCN(C(=O)Nc3ccc(F)cc3)C2)C1. The van der Waals surface area contributed by atoms with E-state index >= 15 is 0 Å². The average Bonchev–Trinajstić information content (AvgIpc) is 3.13. The van der Waals surface area contributed by atoms with Gasteiger partial charge >= 0.3 is 6.03 Å². The first-order valence-electron chi connectivity index (χ1n) is 9.56. The van der Waals surface area contributed by atoms with E-state index in [4.69, 9.17) is 16.4 Å². The molecular weight excluding hydrogens is 411 g/mol. The summed E-state index contributed by atoms with van der Waals surface area (Å²) in [4.78, 5) is 32.4. The summed E-state index contributed by atoms with van der Waals surface area (Å²) in [6, 6.07) is 12.1. The van der Waals surface area contributed by atoms with Crippen LogP contribution in [0.4, 0.5) is 20.6 Å². The van der Waals surface area contributed by atoms with Gasteiger partial charge in [-0.15, -0.1) is 0 Å². The zero-order valence-corrected chi connectivity index (χ0v) is 16.8. The fourth-order valence-corrected chi connectivity index (χ4v) is 3.83. The standard InChI is InChI=1S/C21H20ClFN4O3/c22-14-3-1-4-17(11-14)24-19(28)18-12-21(30-26-18)9-2-10-27(13-21)20(29)25-16-7-5-15(23)6-8-16/h1,3-8,11H,2,9-10,12-13H2,(H,24,28)(H,25,29)/t21-/m1/s1. The van der Waals surface area contributed by atoms with Crippen molar-refractivity contribution < 1.29 is 18.8 Å². The summed E-state index contributed by atoms with van der Waals surface area (Å²) in [5, 5.41) is 10.0. The van der Waals surface area contributed by atoms with Crippen LogP contribution in [0.5, 0.6) is 0 Å². The minimum Gasteiger partial charge on any atom is -0.386 e. The highest BCUT2D eigenvalue weighted by molar-refractivity contribution is 6.43. The van der Waals surface area contributed by atoms with Crippen molar-refractivity contribution in [1.29, 1.82) is 0 Å². The molecule has 30 heavy (non-hydrogen) atoms. The first-order valence-corrected chi connectivity index (χ1v) is 9.94. The van der Waals surface area contributed by atoms with Gasteiger partial charge in [0.25, 0.3) is 5.91 Å². The van der Waals surface area contributed by atoms with Crippen molar-refractivity contribution in [2.24, 2.45) is 5.16 Å². The van der Waals surface area contributed by atoms with Gasteiger partial charge in [0.2, 0.25) is 0 Å². The van der Waals surface area contributed by atoms with Crippen LogP contribution in [0.15, 0.2) is 53.7 Å². The third kappa shape index (κ3) is 4.54. The maximum absolute atomic E-state index is 13.0. The van der Waals surface area contributed by atoms with Crippen molar-refractivity contribution in [3.8, 4) is 0 Å². The molecule has 0 saturated carbocycles. The van der Waals surface area contributed by atoms with Gasteiger partial charge in [-0.05, 0) is 55.3 Å². The molecule has 3 amide bonds. The Morgan fingerprint density at radius 1 is 1.13 bits per heavy atom. The van der Waals surface area contributed by atoms with E-state index in [1.54, 1.807) is 29.2 Å². The Morgan fingerprint density at radius 3 is 2.70 bits per heavy atom. The van der Waals surface area contributed by atoms with Crippen molar-refractivity contribution in [3.63, 3.8) is 0 Å². The summed E-state index contributed by atoms with van der Waals surface area (Å²) < 4.78 is 13.0. The quantitative estimate of drug-likeness (QED) is 0.763. The summed E-state index contributed by atoms with van der Waals surface area (Å²) >= 11 is 5.95. The van der Waals surface area contributed by atoms with Crippen LogP contribution in [-0.4, -0.2) is 41.2 Å². The Hall–Kier alpha value is -3.13. The van der Waals surface area contributed by atoms with E-state index in [0.717, 1.165) is 6.42 Å². The number of nitrogens with zero attached hydrogens (tertiary/aromatic N) is 2. The molecule has 1 atom stereocenters. The van der Waals surface area contributed by atoms with Crippen LogP contribution in [0.2, 0.25) is 5.02 Å². The number of carbonyl (C=O) groups is 2. The number of oxime groups is 1. The molecule has 1 spiro atoms. The van der Waals surface area contributed by atoms with Gasteiger partial charge in [0.05, 0.1) is 6.54 Å². The number of piperidine rings is 1. The molecule has 9 heteroatoms. The number of rotatable bonds is 3. The highest BCUT2D eigenvalue weighted by Gasteiger charge is 2.45. The Kier molecular flexibility index (Phi) is 5.59. The summed E-state index contributed by atoms with van der Waals surface area (Å²) in [5.41, 5.74) is 0.626. The molecule has 2 aromatic rings. The van der Waals surface area contributed by atoms with Crippen molar-refractivity contribution in [2.75, 3.05) is 23.7 Å². The van der Waals surface area contributed by atoms with Crippen LogP contribution in [0.1, 0.15) is 19.3 Å². The fraction of sp³-hybridized carbons (Fsp3) is 0.286. The molecule has 0 bridgehead atoms. The molecule has 1 fully saturated rings. The van der Waals surface area contributed by atoms with E-state index in [0.29, 0.717) is 42.3 Å². The Morgan fingerprint density at radius 2 is 1.93 bits per heavy atom. The molecular formula is C21H20ClFN4O3. The number of likely N-dealkylation sites (tertiary alicyclic amines) is 1. The molecule has 0 aliphatic carbocycles.